The molecule has 9 heteroatoms. The smallest absolute Gasteiger partial charge is 0.267 e. The Labute approximate surface area is 231 Å². The molecule has 3 heterocycles. The summed E-state index contributed by atoms with van der Waals surface area (Å²) in [6.07, 6.45) is 9.54. The topological polar surface area (TPSA) is 134 Å². The van der Waals surface area contributed by atoms with Crippen LogP contribution in [0.4, 0.5) is 11.5 Å². The molecular weight excluding hydrogens is 502 g/mol. The first kappa shape index (κ1) is 25.5. The van der Waals surface area contributed by atoms with Crippen LogP contribution in [0.1, 0.15) is 36.0 Å². The second-order valence-corrected chi connectivity index (χ2v) is 10.4. The van der Waals surface area contributed by atoms with Gasteiger partial charge in [-0.05, 0) is 73.6 Å². The van der Waals surface area contributed by atoms with Crippen molar-refractivity contribution < 1.29 is 4.79 Å². The average Bonchev–Trinajstić information content (AvgIpc) is 3.34. The van der Waals surface area contributed by atoms with Gasteiger partial charge >= 0.3 is 0 Å². The van der Waals surface area contributed by atoms with Gasteiger partial charge in [0.2, 0.25) is 0 Å². The summed E-state index contributed by atoms with van der Waals surface area (Å²) in [7, 11) is 0. The van der Waals surface area contributed by atoms with Crippen LogP contribution in [0.15, 0.2) is 90.2 Å². The number of carbonyl (C=O) groups excluding carboxylic acids is 1. The van der Waals surface area contributed by atoms with Crippen LogP contribution >= 0.6 is 0 Å². The summed E-state index contributed by atoms with van der Waals surface area (Å²) in [4.78, 5) is 34.9. The number of nitrogens with zero attached hydrogens (tertiary/aromatic N) is 4. The van der Waals surface area contributed by atoms with Gasteiger partial charge in [0.25, 0.3) is 11.5 Å². The van der Waals surface area contributed by atoms with Crippen molar-refractivity contribution in [3.8, 4) is 16.8 Å². The number of pyridine rings is 1. The summed E-state index contributed by atoms with van der Waals surface area (Å²) in [6.45, 7) is 0.853. The molecule has 5 aromatic rings. The molecule has 0 saturated heterocycles. The fourth-order valence-electron chi connectivity index (χ4n) is 5.54. The standard InChI is InChI=1S/C31H31N7O2/c32-22-12-8-20(9-13-22)17-37-18-26(27-28(33)34-19-35-29(27)37)21-10-14-23(15-11-21)36-30(39)25-7-4-16-38(31(25)40)24-5-2-1-3-6-24/h1-7,10-11,14-16,18-20,22H,8-9,12-13,17,32H2,(H,36,39)(H2,33,34,35). The van der Waals surface area contributed by atoms with Crippen LogP contribution in [0.5, 0.6) is 0 Å². The van der Waals surface area contributed by atoms with Crippen LogP contribution in [0.25, 0.3) is 27.8 Å². The zero-order valence-corrected chi connectivity index (χ0v) is 22.0. The quantitative estimate of drug-likeness (QED) is 0.292. The monoisotopic (exact) mass is 533 g/mol. The number of hydrogen-bond acceptors (Lipinski definition) is 6. The van der Waals surface area contributed by atoms with Crippen molar-refractivity contribution in [2.24, 2.45) is 11.7 Å². The van der Waals surface area contributed by atoms with E-state index in [2.05, 4.69) is 26.0 Å². The van der Waals surface area contributed by atoms with E-state index < -0.39 is 5.91 Å². The number of benzene rings is 2. The zero-order chi connectivity index (χ0) is 27.6. The molecule has 0 bridgehead atoms. The summed E-state index contributed by atoms with van der Waals surface area (Å²) >= 11 is 0. The number of nitrogens with two attached hydrogens (primary N) is 2. The molecule has 5 N–H and O–H groups in total. The van der Waals surface area contributed by atoms with Gasteiger partial charge in [-0.3, -0.25) is 14.2 Å². The van der Waals surface area contributed by atoms with E-state index >= 15 is 0 Å². The number of nitrogens with one attached hydrogen (secondary N) is 1. The van der Waals surface area contributed by atoms with Gasteiger partial charge in [0.1, 0.15) is 23.4 Å². The van der Waals surface area contributed by atoms with E-state index in [1.165, 1.54) is 17.0 Å². The third-order valence-corrected chi connectivity index (χ3v) is 7.71. The molecule has 9 nitrogen and oxygen atoms in total. The number of hydrogen-bond donors (Lipinski definition) is 3. The summed E-state index contributed by atoms with van der Waals surface area (Å²) in [6, 6.07) is 20.2. The molecular formula is C31H31N7O2. The van der Waals surface area contributed by atoms with E-state index in [9.17, 15) is 9.59 Å². The molecule has 0 radical (unpaired) electrons. The lowest BCUT2D eigenvalue weighted by molar-refractivity contribution is 0.102. The van der Waals surface area contributed by atoms with Crippen LogP contribution in [0.2, 0.25) is 0 Å². The Hall–Kier alpha value is -4.76. The summed E-state index contributed by atoms with van der Waals surface area (Å²) < 4.78 is 3.63. The van der Waals surface area contributed by atoms with E-state index in [-0.39, 0.29) is 11.1 Å². The molecule has 40 heavy (non-hydrogen) atoms. The van der Waals surface area contributed by atoms with Gasteiger partial charge in [0.15, 0.2) is 0 Å². The van der Waals surface area contributed by atoms with Gasteiger partial charge in [-0.2, -0.15) is 0 Å². The van der Waals surface area contributed by atoms with Gasteiger partial charge in [-0.15, -0.1) is 0 Å². The fraction of sp³-hybridized carbons (Fsp3) is 0.226. The number of anilines is 2. The lowest BCUT2D eigenvalue weighted by atomic mass is 9.86. The summed E-state index contributed by atoms with van der Waals surface area (Å²) in [5, 5.41) is 3.67. The highest BCUT2D eigenvalue weighted by molar-refractivity contribution is 6.04. The third-order valence-electron chi connectivity index (χ3n) is 7.71. The number of carbonyl (C=O) groups is 1. The van der Waals surface area contributed by atoms with E-state index in [1.54, 1.807) is 12.3 Å². The molecule has 1 aliphatic rings. The molecule has 0 atom stereocenters. The number of fused-ring (bicyclic) bond motifs is 1. The van der Waals surface area contributed by atoms with E-state index in [0.717, 1.165) is 54.4 Å². The van der Waals surface area contributed by atoms with Crippen molar-refractivity contribution in [3.63, 3.8) is 0 Å². The second kappa shape index (κ2) is 10.8. The molecule has 1 aliphatic carbocycles. The van der Waals surface area contributed by atoms with Crippen LogP contribution in [-0.4, -0.2) is 31.1 Å². The highest BCUT2D eigenvalue weighted by atomic mass is 16.2. The molecule has 0 aliphatic heterocycles. The molecule has 202 valence electrons. The Balaban J connectivity index is 1.25. The van der Waals surface area contributed by atoms with Crippen LogP contribution < -0.4 is 22.3 Å². The number of aromatic nitrogens is 4. The maximum Gasteiger partial charge on any atom is 0.267 e. The second-order valence-electron chi connectivity index (χ2n) is 10.4. The first-order chi connectivity index (χ1) is 19.5. The molecule has 1 fully saturated rings. The summed E-state index contributed by atoms with van der Waals surface area (Å²) in [5.74, 6) is 0.506. The Morgan fingerprint density at radius 1 is 0.950 bits per heavy atom. The highest BCUT2D eigenvalue weighted by Gasteiger charge is 2.22. The Kier molecular flexibility index (Phi) is 6.88. The fourth-order valence-corrected chi connectivity index (χ4v) is 5.54. The zero-order valence-electron chi connectivity index (χ0n) is 22.0. The maximum absolute atomic E-state index is 13.0. The van der Waals surface area contributed by atoms with Crippen molar-refractivity contribution >= 4 is 28.4 Å². The minimum atomic E-state index is -0.468. The van der Waals surface area contributed by atoms with Gasteiger partial charge in [-0.25, -0.2) is 9.97 Å². The lowest BCUT2D eigenvalue weighted by Crippen LogP contribution is -2.28. The van der Waals surface area contributed by atoms with Crippen LogP contribution in [0.3, 0.4) is 0 Å². The minimum Gasteiger partial charge on any atom is -0.383 e. The van der Waals surface area contributed by atoms with Gasteiger partial charge in [-0.1, -0.05) is 30.3 Å². The number of amides is 1. The largest absolute Gasteiger partial charge is 0.383 e. The van der Waals surface area contributed by atoms with Gasteiger partial charge in [0, 0.05) is 41.9 Å². The first-order valence-corrected chi connectivity index (χ1v) is 13.5. The average molecular weight is 534 g/mol. The Morgan fingerprint density at radius 2 is 1.70 bits per heavy atom. The number of nitrogen functional groups attached to an aromatic ring is 1. The predicted octanol–water partition coefficient (Wildman–Crippen LogP) is 4.60. The number of rotatable bonds is 6. The van der Waals surface area contributed by atoms with E-state index in [0.29, 0.717) is 29.2 Å². The van der Waals surface area contributed by atoms with Crippen molar-refractivity contribution in [3.05, 3.63) is 101 Å². The van der Waals surface area contributed by atoms with Crippen LogP contribution in [0, 0.1) is 5.92 Å². The van der Waals surface area contributed by atoms with Gasteiger partial charge in [0.05, 0.1) is 5.39 Å². The SMILES string of the molecule is Nc1ncnc2c1c(-c1ccc(NC(=O)c3cccn(-c4ccccc4)c3=O)cc1)cn2CC1CCC(N)CC1. The molecule has 0 spiro atoms. The highest BCUT2D eigenvalue weighted by Crippen LogP contribution is 2.35. The predicted molar refractivity (Wildman–Crippen MR) is 157 cm³/mol. The Bertz CT molecular complexity index is 1720. The molecule has 2 aromatic carbocycles. The molecule has 1 amide bonds. The first-order valence-electron chi connectivity index (χ1n) is 13.5. The lowest BCUT2D eigenvalue weighted by Gasteiger charge is -2.26. The third kappa shape index (κ3) is 4.99. The van der Waals surface area contributed by atoms with Crippen molar-refractivity contribution in [2.75, 3.05) is 11.1 Å². The van der Waals surface area contributed by atoms with Gasteiger partial charge < -0.3 is 21.4 Å². The molecule has 0 unspecified atom stereocenters. The maximum atomic E-state index is 13.0. The minimum absolute atomic E-state index is 0.0621. The molecule has 1 saturated carbocycles. The van der Waals surface area contributed by atoms with E-state index in [4.69, 9.17) is 11.5 Å². The Morgan fingerprint density at radius 3 is 2.45 bits per heavy atom. The molecule has 6 rings (SSSR count). The van der Waals surface area contributed by atoms with Crippen molar-refractivity contribution in [2.45, 2.75) is 38.3 Å². The normalized spacial score (nSPS) is 17.1. The van der Waals surface area contributed by atoms with Crippen molar-refractivity contribution in [1.82, 2.24) is 19.1 Å². The summed E-state index contributed by atoms with van der Waals surface area (Å²) in [5.41, 5.74) is 16.1. The number of para-hydroxylation sites is 1. The van der Waals surface area contributed by atoms with Crippen LogP contribution in [-0.2, 0) is 6.54 Å². The van der Waals surface area contributed by atoms with Crippen molar-refractivity contribution in [1.29, 1.82) is 0 Å². The molecule has 3 aromatic heterocycles. The van der Waals surface area contributed by atoms with E-state index in [1.807, 2.05) is 54.6 Å².